The lowest BCUT2D eigenvalue weighted by molar-refractivity contribution is -0.0172. The summed E-state index contributed by atoms with van der Waals surface area (Å²) in [7, 11) is -3.76. The Labute approximate surface area is 542 Å². The first kappa shape index (κ1) is 73.1. The number of nitrogens with zero attached hydrogens (tertiary/aromatic N) is 7. The maximum Gasteiger partial charge on any atom is 0.410 e. The number of piperazine rings is 2. The van der Waals surface area contributed by atoms with Gasteiger partial charge in [0.1, 0.15) is 22.8 Å². The molecule has 0 bridgehead atoms. The highest BCUT2D eigenvalue weighted by atomic mass is 79.9. The first-order valence-electron chi connectivity index (χ1n) is 30.1. The predicted molar refractivity (Wildman–Crippen MR) is 347 cm³/mol. The van der Waals surface area contributed by atoms with Crippen molar-refractivity contribution in [2.75, 3.05) is 99.8 Å². The number of urea groups is 2. The molecular weight excluding hydrogens is 1290 g/mol. The molecule has 4 aromatic carbocycles. The number of hydrogen-bond acceptors (Lipinski definition) is 16. The van der Waals surface area contributed by atoms with E-state index in [9.17, 15) is 50.0 Å². The van der Waals surface area contributed by atoms with Crippen LogP contribution in [0.25, 0.3) is 0 Å². The molecule has 4 aliphatic heterocycles. The van der Waals surface area contributed by atoms with Gasteiger partial charge in [0, 0.05) is 112 Å². The van der Waals surface area contributed by atoms with Crippen molar-refractivity contribution >= 4 is 83.2 Å². The van der Waals surface area contributed by atoms with E-state index in [0.717, 1.165) is 36.8 Å². The van der Waals surface area contributed by atoms with Crippen molar-refractivity contribution < 1.29 is 73.3 Å². The minimum absolute atomic E-state index is 0.0113. The molecule has 4 atom stereocenters. The van der Waals surface area contributed by atoms with E-state index < -0.39 is 60.5 Å². The highest BCUT2D eigenvalue weighted by molar-refractivity contribution is 9.08. The second-order valence-corrected chi connectivity index (χ2v) is 30.4. The predicted octanol–water partition coefficient (Wildman–Crippen LogP) is 9.58. The average Bonchev–Trinajstić information content (AvgIpc) is 0.881. The van der Waals surface area contributed by atoms with Gasteiger partial charge in [0.25, 0.3) is 0 Å². The van der Waals surface area contributed by atoms with Gasteiger partial charge in [-0.15, -0.1) is 0 Å². The lowest BCUT2D eigenvalue weighted by Crippen LogP contribution is -2.59. The molecule has 0 aliphatic carbocycles. The summed E-state index contributed by atoms with van der Waals surface area (Å²) in [5.41, 5.74) is 3.20. The number of amides is 6. The number of methoxy groups -OCH3 is 2. The van der Waals surface area contributed by atoms with Gasteiger partial charge in [0.15, 0.2) is 19.7 Å². The molecule has 27 heteroatoms. The topological polar surface area (TPSA) is 242 Å². The fourth-order valence-electron chi connectivity index (χ4n) is 10.9. The Hall–Kier alpha value is -6.94. The van der Waals surface area contributed by atoms with Gasteiger partial charge in [-0.2, -0.15) is 0 Å². The average molecular weight is 1370 g/mol. The first-order chi connectivity index (χ1) is 42.6. The van der Waals surface area contributed by atoms with Crippen LogP contribution in [0.2, 0.25) is 0 Å². The second kappa shape index (κ2) is 31.6. The molecule has 6 amide bonds. The maximum atomic E-state index is 15.1. The summed E-state index contributed by atoms with van der Waals surface area (Å²) in [5.74, 6) is -2.51. The van der Waals surface area contributed by atoms with Gasteiger partial charge in [-0.25, -0.2) is 54.4 Å². The minimum Gasteiger partial charge on any atom is -0.465 e. The van der Waals surface area contributed by atoms with Crippen molar-refractivity contribution in [1.29, 1.82) is 0 Å². The van der Waals surface area contributed by atoms with E-state index in [-0.39, 0.29) is 115 Å². The van der Waals surface area contributed by atoms with Gasteiger partial charge in [-0.05, 0) is 134 Å². The summed E-state index contributed by atoms with van der Waals surface area (Å²) in [6, 6.07) is 22.5. The fraction of sp³-hybridized carbons (Fsp3) is 0.531. The van der Waals surface area contributed by atoms with Crippen LogP contribution in [0, 0.1) is 11.6 Å². The number of sulfone groups is 2. The number of carbonyl (C=O) groups is 6. The SMILES string of the molecule is COC(=O)c1ccc(CBr)c(F)c1.COC(=O)c1ccc(CN(C(=O)N2CCS(=O)(=O)CC2)c2ccc(CN3C[C@@H](C)N(C(=O)OC(C)(C)C)[C@@H](C)C3)cc2)c(F)c1.C[C@@H]1CN(Cc2ccc(NC(=O)N3CCS(=O)(=O)CC3)cc2)C[C@H](C)N1C(=O)OC(C)(C)C. The molecule has 500 valence electrons. The highest BCUT2D eigenvalue weighted by Gasteiger charge is 2.38. The van der Waals surface area contributed by atoms with E-state index in [2.05, 4.69) is 40.5 Å². The fourth-order valence-corrected chi connectivity index (χ4v) is 13.8. The van der Waals surface area contributed by atoms with E-state index in [1.807, 2.05) is 111 Å². The van der Waals surface area contributed by atoms with Crippen LogP contribution in [0.15, 0.2) is 84.9 Å². The van der Waals surface area contributed by atoms with Crippen molar-refractivity contribution in [2.24, 2.45) is 0 Å². The van der Waals surface area contributed by atoms with Crippen LogP contribution in [0.5, 0.6) is 0 Å². The zero-order chi connectivity index (χ0) is 67.3. The number of nitrogens with one attached hydrogen (secondary N) is 1. The van der Waals surface area contributed by atoms with Gasteiger partial charge >= 0.3 is 36.2 Å². The molecule has 0 unspecified atom stereocenters. The molecule has 4 saturated heterocycles. The molecule has 91 heavy (non-hydrogen) atoms. The maximum absolute atomic E-state index is 15.1. The smallest absolute Gasteiger partial charge is 0.410 e. The molecule has 1 N–H and O–H groups in total. The molecular formula is C64H87BrF2N8O14S2. The standard InChI is InChI=1S/C32H43FN4O7S.C23H36N4O5S.C9H8BrFO2/c1-22-18-34(19-23(2)37(22)31(40)44-32(3,4)5)20-24-7-11-27(12-8-24)36(30(39)35-13-15-45(41,42)16-14-35)21-26-10-9-25(17-28(26)33)29(38)43-6;1-17-14-25(15-18(2)27(17)22(29)32-23(3,4)5)16-19-6-8-20(9-7-19)24-21(28)26-10-12-33(30,31)13-11-26;1-13-9(12)6-2-3-7(5-10)8(11)4-6/h7-12,17,22-23H,13-16,18-21H2,1-6H3;6-9,17-18H,10-16H2,1-5H3,(H,24,28);2-4H,5H2,1H3/t22-,23+;17-,18+;. The Morgan fingerprint density at radius 3 is 1.30 bits per heavy atom. The Morgan fingerprint density at radius 2 is 0.934 bits per heavy atom. The van der Waals surface area contributed by atoms with Gasteiger partial charge in [-0.3, -0.25) is 14.7 Å². The normalized spacial score (nSPS) is 20.1. The zero-order valence-electron chi connectivity index (χ0n) is 54.0. The molecule has 0 radical (unpaired) electrons. The van der Waals surface area contributed by atoms with Crippen molar-refractivity contribution in [3.8, 4) is 0 Å². The Balaban J connectivity index is 0.000000249. The molecule has 4 aliphatic rings. The van der Waals surface area contributed by atoms with Crippen LogP contribution >= 0.6 is 15.9 Å². The molecule has 4 fully saturated rings. The van der Waals surface area contributed by atoms with E-state index in [1.54, 1.807) is 23.1 Å². The number of ether oxygens (including phenoxy) is 4. The van der Waals surface area contributed by atoms with E-state index >= 15 is 4.39 Å². The largest absolute Gasteiger partial charge is 0.465 e. The van der Waals surface area contributed by atoms with E-state index in [4.69, 9.17) is 9.47 Å². The number of esters is 2. The quantitative estimate of drug-likeness (QED) is 0.0835. The third-order valence-electron chi connectivity index (χ3n) is 15.4. The molecule has 8 rings (SSSR count). The van der Waals surface area contributed by atoms with Crippen molar-refractivity contribution in [3.63, 3.8) is 0 Å². The van der Waals surface area contributed by atoms with Gasteiger partial charge < -0.3 is 43.9 Å². The molecule has 22 nitrogen and oxygen atoms in total. The van der Waals surface area contributed by atoms with Crippen LogP contribution < -0.4 is 10.2 Å². The summed E-state index contributed by atoms with van der Waals surface area (Å²) >= 11 is 3.13. The number of rotatable bonds is 11. The van der Waals surface area contributed by atoms with Crippen molar-refractivity contribution in [3.05, 3.63) is 130 Å². The Bertz CT molecular complexity index is 3390. The monoisotopic (exact) mass is 1370 g/mol. The third kappa shape index (κ3) is 21.6. The van der Waals surface area contributed by atoms with Gasteiger partial charge in [-0.1, -0.05) is 52.3 Å². The van der Waals surface area contributed by atoms with Crippen LogP contribution in [-0.4, -0.2) is 207 Å². The number of halogens is 3. The Morgan fingerprint density at radius 1 is 0.560 bits per heavy atom. The number of anilines is 2. The number of alkyl halides is 1. The zero-order valence-corrected chi connectivity index (χ0v) is 57.2. The lowest BCUT2D eigenvalue weighted by Gasteiger charge is -2.44. The summed E-state index contributed by atoms with van der Waals surface area (Å²) in [6.45, 7) is 23.9. The first-order valence-corrected chi connectivity index (χ1v) is 34.8. The number of hydrogen-bond donors (Lipinski definition) is 1. The van der Waals surface area contributed by atoms with Crippen LogP contribution in [-0.2, 0) is 63.6 Å². The molecule has 4 aromatic rings. The van der Waals surface area contributed by atoms with Crippen molar-refractivity contribution in [1.82, 2.24) is 29.4 Å². The third-order valence-corrected chi connectivity index (χ3v) is 19.2. The minimum atomic E-state index is -3.21. The summed E-state index contributed by atoms with van der Waals surface area (Å²) < 4.78 is 95.6. The highest BCUT2D eigenvalue weighted by Crippen LogP contribution is 2.27. The summed E-state index contributed by atoms with van der Waals surface area (Å²) in [6.07, 6.45) is -0.590. The second-order valence-electron chi connectivity index (χ2n) is 25.2. The van der Waals surface area contributed by atoms with Crippen LogP contribution in [0.4, 0.5) is 39.3 Å². The van der Waals surface area contributed by atoms with Gasteiger partial charge in [0.05, 0.1) is 54.9 Å². The molecule has 4 heterocycles. The van der Waals surface area contributed by atoms with Gasteiger partial charge in [0.2, 0.25) is 0 Å². The number of carbonyl (C=O) groups excluding carboxylic acids is 6. The van der Waals surface area contributed by atoms with Crippen LogP contribution in [0.3, 0.4) is 0 Å². The van der Waals surface area contributed by atoms with E-state index in [0.29, 0.717) is 41.9 Å². The summed E-state index contributed by atoms with van der Waals surface area (Å²) in [5, 5.41) is 3.27. The molecule has 0 spiro atoms. The lowest BCUT2D eigenvalue weighted by atomic mass is 10.1. The summed E-state index contributed by atoms with van der Waals surface area (Å²) in [4.78, 5) is 86.9. The van der Waals surface area contributed by atoms with Crippen molar-refractivity contribution in [2.45, 2.75) is 130 Å². The Kier molecular flexibility index (Phi) is 25.4. The van der Waals surface area contributed by atoms with E-state index in [1.165, 1.54) is 53.2 Å². The molecule has 0 saturated carbocycles. The number of benzene rings is 4. The van der Waals surface area contributed by atoms with Crippen LogP contribution in [0.1, 0.15) is 112 Å². The molecule has 0 aromatic heterocycles.